The minimum absolute atomic E-state index is 0.00605. The molecule has 2 amide bonds. The third-order valence-electron chi connectivity index (χ3n) is 4.86. The summed E-state index contributed by atoms with van der Waals surface area (Å²) in [7, 11) is 0. The molecule has 4 rings (SSSR count). The van der Waals surface area contributed by atoms with Gasteiger partial charge >= 0.3 is 0 Å². The van der Waals surface area contributed by atoms with E-state index in [-0.39, 0.29) is 24.1 Å². The first-order chi connectivity index (χ1) is 14.6. The molecule has 7 nitrogen and oxygen atoms in total. The van der Waals surface area contributed by atoms with Gasteiger partial charge in [-0.25, -0.2) is 4.98 Å². The highest BCUT2D eigenvalue weighted by atomic mass is 35.5. The van der Waals surface area contributed by atoms with Crippen molar-refractivity contribution in [2.45, 2.75) is 5.22 Å². The number of thioether (sulfide) groups is 1. The van der Waals surface area contributed by atoms with Gasteiger partial charge in [0, 0.05) is 36.9 Å². The number of nitrogens with zero attached hydrogens (tertiary/aromatic N) is 3. The fourth-order valence-electron chi connectivity index (χ4n) is 3.24. The maximum Gasteiger partial charge on any atom is 0.257 e. The van der Waals surface area contributed by atoms with E-state index in [2.05, 4.69) is 15.2 Å². The number of carbonyl (C=O) groups is 2. The zero-order chi connectivity index (χ0) is 20.9. The van der Waals surface area contributed by atoms with Crippen molar-refractivity contribution in [1.82, 2.24) is 15.2 Å². The van der Waals surface area contributed by atoms with Gasteiger partial charge in [-0.2, -0.15) is 0 Å². The summed E-state index contributed by atoms with van der Waals surface area (Å²) in [5.74, 6) is -0.161. The van der Waals surface area contributed by atoms with Crippen LogP contribution in [-0.2, 0) is 9.59 Å². The Bertz CT molecular complexity index is 999. The van der Waals surface area contributed by atoms with Crippen molar-refractivity contribution in [2.75, 3.05) is 43.4 Å². The number of oxazole rings is 1. The molecule has 0 unspecified atom stereocenters. The molecule has 1 aromatic heterocycles. The molecular weight excluding hydrogens is 424 g/mol. The molecular formula is C21H21ClN4O3S. The molecule has 0 atom stereocenters. The molecule has 0 spiro atoms. The Labute approximate surface area is 183 Å². The Morgan fingerprint density at radius 3 is 2.53 bits per heavy atom. The molecule has 1 fully saturated rings. The molecule has 2 aromatic carbocycles. The Balaban J connectivity index is 1.19. The van der Waals surface area contributed by atoms with E-state index in [4.69, 9.17) is 16.0 Å². The van der Waals surface area contributed by atoms with Gasteiger partial charge in [-0.3, -0.25) is 9.59 Å². The number of para-hydroxylation sites is 2. The van der Waals surface area contributed by atoms with Crippen LogP contribution in [0.5, 0.6) is 0 Å². The highest BCUT2D eigenvalue weighted by molar-refractivity contribution is 7.99. The predicted molar refractivity (Wildman–Crippen MR) is 118 cm³/mol. The van der Waals surface area contributed by atoms with Crippen molar-refractivity contribution < 1.29 is 14.0 Å². The maximum atomic E-state index is 12.4. The van der Waals surface area contributed by atoms with Crippen LogP contribution in [0.4, 0.5) is 5.69 Å². The highest BCUT2D eigenvalue weighted by Gasteiger charge is 2.21. The average Bonchev–Trinajstić information content (AvgIpc) is 3.20. The van der Waals surface area contributed by atoms with E-state index in [0.717, 1.165) is 24.3 Å². The number of hydrogen-bond donors (Lipinski definition) is 1. The lowest BCUT2D eigenvalue weighted by molar-refractivity contribution is -0.132. The number of carbonyl (C=O) groups excluding carboxylic acids is 2. The molecule has 0 saturated carbocycles. The number of hydrogen-bond acceptors (Lipinski definition) is 6. The monoisotopic (exact) mass is 444 g/mol. The van der Waals surface area contributed by atoms with Crippen LogP contribution in [0.3, 0.4) is 0 Å². The van der Waals surface area contributed by atoms with Crippen molar-refractivity contribution >= 4 is 52.0 Å². The van der Waals surface area contributed by atoms with Crippen molar-refractivity contribution in [3.8, 4) is 0 Å². The van der Waals surface area contributed by atoms with Gasteiger partial charge in [0.1, 0.15) is 5.52 Å². The number of anilines is 1. The van der Waals surface area contributed by atoms with Gasteiger partial charge in [0.25, 0.3) is 5.22 Å². The van der Waals surface area contributed by atoms with Crippen molar-refractivity contribution in [1.29, 1.82) is 0 Å². The number of rotatable bonds is 6. The van der Waals surface area contributed by atoms with Crippen LogP contribution in [0.25, 0.3) is 11.1 Å². The summed E-state index contributed by atoms with van der Waals surface area (Å²) in [6.45, 7) is 2.72. The van der Waals surface area contributed by atoms with Crippen molar-refractivity contribution in [2.24, 2.45) is 0 Å². The quantitative estimate of drug-likeness (QED) is 0.589. The van der Waals surface area contributed by atoms with Gasteiger partial charge in [-0.1, -0.05) is 35.5 Å². The number of piperazine rings is 1. The van der Waals surface area contributed by atoms with Crippen LogP contribution in [0.2, 0.25) is 5.02 Å². The van der Waals surface area contributed by atoms with E-state index in [1.54, 1.807) is 4.90 Å². The minimum atomic E-state index is -0.226. The highest BCUT2D eigenvalue weighted by Crippen LogP contribution is 2.23. The lowest BCUT2D eigenvalue weighted by Crippen LogP contribution is -2.51. The van der Waals surface area contributed by atoms with Crippen LogP contribution < -0.4 is 10.2 Å². The minimum Gasteiger partial charge on any atom is -0.431 e. The topological polar surface area (TPSA) is 78.7 Å². The Hall–Kier alpha value is -2.71. The van der Waals surface area contributed by atoms with Crippen LogP contribution >= 0.6 is 23.4 Å². The van der Waals surface area contributed by atoms with Crippen LogP contribution in [0.1, 0.15) is 0 Å². The third-order valence-corrected chi connectivity index (χ3v) is 5.94. The van der Waals surface area contributed by atoms with Crippen LogP contribution in [0.15, 0.2) is 58.2 Å². The van der Waals surface area contributed by atoms with Gasteiger partial charge in [-0.05, 0) is 36.4 Å². The summed E-state index contributed by atoms with van der Waals surface area (Å²) in [5, 5.41) is 3.83. The van der Waals surface area contributed by atoms with Gasteiger partial charge in [0.05, 0.1) is 12.3 Å². The normalized spacial score (nSPS) is 14.2. The third kappa shape index (κ3) is 5.06. The first-order valence-electron chi connectivity index (χ1n) is 9.62. The number of amides is 2. The smallest absolute Gasteiger partial charge is 0.257 e. The van der Waals surface area contributed by atoms with E-state index in [1.807, 2.05) is 48.5 Å². The number of benzene rings is 2. The zero-order valence-electron chi connectivity index (χ0n) is 16.2. The standard InChI is InChI=1S/C21H21ClN4O3S/c22-15-5-7-16(8-6-15)25-9-11-26(12-10-25)20(28)13-23-19(27)14-30-21-24-17-3-1-2-4-18(17)29-21/h1-8H,9-14H2,(H,23,27). The van der Waals surface area contributed by atoms with Crippen molar-refractivity contribution in [3.63, 3.8) is 0 Å². The van der Waals surface area contributed by atoms with E-state index in [0.29, 0.717) is 28.9 Å². The summed E-state index contributed by atoms with van der Waals surface area (Å²) in [5.41, 5.74) is 2.54. The second kappa shape index (κ2) is 9.40. The predicted octanol–water partition coefficient (Wildman–Crippen LogP) is 3.04. The summed E-state index contributed by atoms with van der Waals surface area (Å²) in [6.07, 6.45) is 0. The largest absolute Gasteiger partial charge is 0.431 e. The van der Waals surface area contributed by atoms with Gasteiger partial charge in [-0.15, -0.1) is 0 Å². The summed E-state index contributed by atoms with van der Waals surface area (Å²) < 4.78 is 5.58. The van der Waals surface area contributed by atoms with E-state index in [1.165, 1.54) is 11.8 Å². The molecule has 2 heterocycles. The molecule has 0 bridgehead atoms. The second-order valence-corrected chi connectivity index (χ2v) is 8.22. The molecule has 1 aliphatic heterocycles. The average molecular weight is 445 g/mol. The van der Waals surface area contributed by atoms with Crippen LogP contribution in [-0.4, -0.2) is 60.2 Å². The van der Waals surface area contributed by atoms with E-state index in [9.17, 15) is 9.59 Å². The fourth-order valence-corrected chi connectivity index (χ4v) is 4.04. The summed E-state index contributed by atoms with van der Waals surface area (Å²) >= 11 is 7.14. The second-order valence-electron chi connectivity index (χ2n) is 6.86. The molecule has 3 aromatic rings. The molecule has 9 heteroatoms. The van der Waals surface area contributed by atoms with Crippen molar-refractivity contribution in [3.05, 3.63) is 53.6 Å². The van der Waals surface area contributed by atoms with Gasteiger partial charge < -0.3 is 19.5 Å². The number of fused-ring (bicyclic) bond motifs is 1. The van der Waals surface area contributed by atoms with E-state index < -0.39 is 0 Å². The first kappa shape index (κ1) is 20.6. The number of nitrogens with one attached hydrogen (secondary N) is 1. The number of halogens is 1. The van der Waals surface area contributed by atoms with E-state index >= 15 is 0 Å². The molecule has 1 saturated heterocycles. The summed E-state index contributed by atoms with van der Waals surface area (Å²) in [6, 6.07) is 15.1. The molecule has 156 valence electrons. The van der Waals surface area contributed by atoms with Gasteiger partial charge in [0.15, 0.2) is 5.58 Å². The zero-order valence-corrected chi connectivity index (χ0v) is 17.8. The van der Waals surface area contributed by atoms with Crippen LogP contribution in [0, 0.1) is 0 Å². The molecule has 1 aliphatic rings. The Morgan fingerprint density at radius 2 is 1.80 bits per heavy atom. The molecule has 0 aliphatic carbocycles. The lowest BCUT2D eigenvalue weighted by atomic mass is 10.2. The molecule has 1 N–H and O–H groups in total. The summed E-state index contributed by atoms with van der Waals surface area (Å²) in [4.78, 5) is 32.8. The molecule has 30 heavy (non-hydrogen) atoms. The first-order valence-corrected chi connectivity index (χ1v) is 11.0. The fraction of sp³-hybridized carbons (Fsp3) is 0.286. The Morgan fingerprint density at radius 1 is 1.07 bits per heavy atom. The molecule has 0 radical (unpaired) electrons. The maximum absolute atomic E-state index is 12.4. The number of aromatic nitrogens is 1. The lowest BCUT2D eigenvalue weighted by Gasteiger charge is -2.36. The SMILES string of the molecule is O=C(CSc1nc2ccccc2o1)NCC(=O)N1CCN(c2ccc(Cl)cc2)CC1. The Kier molecular flexibility index (Phi) is 6.44. The van der Waals surface area contributed by atoms with Gasteiger partial charge in [0.2, 0.25) is 11.8 Å².